The number of carbonyl (C=O) groups is 1. The van der Waals surface area contributed by atoms with E-state index in [1.165, 1.54) is 0 Å². The number of nitrogens with one attached hydrogen (secondary N) is 1. The lowest BCUT2D eigenvalue weighted by molar-refractivity contribution is -0.711. The zero-order valence-corrected chi connectivity index (χ0v) is 10.6. The Bertz CT molecular complexity index is 537. The third-order valence-electron chi connectivity index (χ3n) is 2.94. The molecule has 2 rings (SSSR count). The third-order valence-corrected chi connectivity index (χ3v) is 2.94. The zero-order chi connectivity index (χ0) is 13.0. The van der Waals surface area contributed by atoms with Gasteiger partial charge in [-0.1, -0.05) is 24.3 Å². The van der Waals surface area contributed by atoms with Crippen LogP contribution in [0.5, 0.6) is 0 Å². The lowest BCUT2D eigenvalue weighted by atomic mass is 10.2. The number of anilines is 1. The summed E-state index contributed by atoms with van der Waals surface area (Å²) in [5.41, 5.74) is 1.89. The molecule has 0 radical (unpaired) electrons. The van der Waals surface area contributed by atoms with E-state index in [0.29, 0.717) is 0 Å². The molecule has 1 heterocycles. The number of benzene rings is 1. The maximum absolute atomic E-state index is 12.1. The molecule has 0 aliphatic carbocycles. The summed E-state index contributed by atoms with van der Waals surface area (Å²) >= 11 is 0. The molecule has 0 aliphatic heterocycles. The Morgan fingerprint density at radius 2 is 1.78 bits per heavy atom. The van der Waals surface area contributed by atoms with Crippen molar-refractivity contribution in [2.45, 2.75) is 19.9 Å². The van der Waals surface area contributed by atoms with Gasteiger partial charge in [-0.25, -0.2) is 0 Å². The van der Waals surface area contributed by atoms with Crippen LogP contribution >= 0.6 is 0 Å². The molecule has 18 heavy (non-hydrogen) atoms. The molecule has 0 fully saturated rings. The summed E-state index contributed by atoms with van der Waals surface area (Å²) in [5, 5.41) is 2.91. The lowest BCUT2D eigenvalue weighted by Crippen LogP contribution is -2.46. The normalized spacial score (nSPS) is 11.9. The van der Waals surface area contributed by atoms with E-state index in [4.69, 9.17) is 0 Å². The molecule has 92 valence electrons. The molecule has 3 nitrogen and oxygen atoms in total. The lowest BCUT2D eigenvalue weighted by Gasteiger charge is -2.10. The highest BCUT2D eigenvalue weighted by Gasteiger charge is 2.23. The van der Waals surface area contributed by atoms with E-state index in [2.05, 4.69) is 5.32 Å². The second kappa shape index (κ2) is 5.45. The Labute approximate surface area is 107 Å². The maximum Gasteiger partial charge on any atom is 0.293 e. The standard InChI is InChI=1S/C15H16N2O/c1-12-8-6-7-11-17(12)13(2)15(18)16-14-9-4-3-5-10-14/h3-11,13H,1-2H3/p+1/t13-/m0/s1. The molecule has 1 N–H and O–H groups in total. The van der Waals surface area contributed by atoms with Gasteiger partial charge >= 0.3 is 0 Å². The quantitative estimate of drug-likeness (QED) is 0.823. The Morgan fingerprint density at radius 3 is 2.44 bits per heavy atom. The van der Waals surface area contributed by atoms with Crippen molar-refractivity contribution in [1.29, 1.82) is 0 Å². The molecule has 0 spiro atoms. The van der Waals surface area contributed by atoms with E-state index in [1.807, 2.05) is 73.1 Å². The van der Waals surface area contributed by atoms with Crippen LogP contribution in [0.15, 0.2) is 54.7 Å². The first-order chi connectivity index (χ1) is 8.68. The van der Waals surface area contributed by atoms with Crippen molar-refractivity contribution < 1.29 is 9.36 Å². The van der Waals surface area contributed by atoms with Gasteiger partial charge in [0.1, 0.15) is 0 Å². The highest BCUT2D eigenvalue weighted by atomic mass is 16.2. The van der Waals surface area contributed by atoms with Gasteiger partial charge in [-0.2, -0.15) is 4.57 Å². The van der Waals surface area contributed by atoms with Crippen LogP contribution in [0, 0.1) is 6.92 Å². The van der Waals surface area contributed by atoms with Gasteiger partial charge in [0.05, 0.1) is 0 Å². The monoisotopic (exact) mass is 241 g/mol. The molecule has 0 unspecified atom stereocenters. The van der Waals surface area contributed by atoms with Crippen molar-refractivity contribution in [3.8, 4) is 0 Å². The average molecular weight is 241 g/mol. The number of amides is 1. The molecule has 0 bridgehead atoms. The average Bonchev–Trinajstić information content (AvgIpc) is 2.39. The minimum Gasteiger partial charge on any atom is -0.320 e. The Kier molecular flexibility index (Phi) is 3.72. The molecular formula is C15H17N2O+. The van der Waals surface area contributed by atoms with Gasteiger partial charge in [0.15, 0.2) is 11.9 Å². The summed E-state index contributed by atoms with van der Waals surface area (Å²) < 4.78 is 1.96. The summed E-state index contributed by atoms with van der Waals surface area (Å²) in [6, 6.07) is 15.2. The highest BCUT2D eigenvalue weighted by molar-refractivity contribution is 5.92. The van der Waals surface area contributed by atoms with Crippen LogP contribution in [0.3, 0.4) is 0 Å². The van der Waals surface area contributed by atoms with Gasteiger partial charge in [-0.3, -0.25) is 4.79 Å². The highest BCUT2D eigenvalue weighted by Crippen LogP contribution is 2.08. The van der Waals surface area contributed by atoms with Crippen LogP contribution in [-0.4, -0.2) is 5.91 Å². The van der Waals surface area contributed by atoms with E-state index in [0.717, 1.165) is 11.4 Å². The first kappa shape index (κ1) is 12.3. The summed E-state index contributed by atoms with van der Waals surface area (Å²) in [6.07, 6.45) is 1.92. The van der Waals surface area contributed by atoms with Gasteiger partial charge in [-0.05, 0) is 12.1 Å². The molecular weight excluding hydrogens is 224 g/mol. The molecule has 0 saturated carbocycles. The molecule has 1 aromatic heterocycles. The van der Waals surface area contributed by atoms with E-state index in [9.17, 15) is 4.79 Å². The molecule has 2 aromatic rings. The van der Waals surface area contributed by atoms with E-state index < -0.39 is 0 Å². The third kappa shape index (κ3) is 2.74. The fraction of sp³-hybridized carbons (Fsp3) is 0.200. The number of aromatic nitrogens is 1. The van der Waals surface area contributed by atoms with Crippen LogP contribution in [0.1, 0.15) is 18.7 Å². The molecule has 1 aromatic carbocycles. The second-order valence-corrected chi connectivity index (χ2v) is 4.28. The number of para-hydroxylation sites is 1. The number of carbonyl (C=O) groups excluding carboxylic acids is 1. The van der Waals surface area contributed by atoms with Crippen molar-refractivity contribution in [2.24, 2.45) is 0 Å². The zero-order valence-electron chi connectivity index (χ0n) is 10.6. The van der Waals surface area contributed by atoms with Crippen LogP contribution < -0.4 is 9.88 Å². The van der Waals surface area contributed by atoms with E-state index in [-0.39, 0.29) is 11.9 Å². The molecule has 3 heteroatoms. The van der Waals surface area contributed by atoms with E-state index >= 15 is 0 Å². The maximum atomic E-state index is 12.1. The fourth-order valence-electron chi connectivity index (χ4n) is 1.87. The van der Waals surface area contributed by atoms with Gasteiger partial charge in [0.25, 0.3) is 5.91 Å². The fourth-order valence-corrected chi connectivity index (χ4v) is 1.87. The molecule has 0 aliphatic rings. The number of rotatable bonds is 3. The summed E-state index contributed by atoms with van der Waals surface area (Å²) in [4.78, 5) is 12.1. The Balaban J connectivity index is 2.13. The number of hydrogen-bond donors (Lipinski definition) is 1. The minimum absolute atomic E-state index is 0.0134. The predicted octanol–water partition coefficient (Wildman–Crippen LogP) is 2.48. The van der Waals surface area contributed by atoms with Gasteiger partial charge in [0.2, 0.25) is 6.04 Å². The van der Waals surface area contributed by atoms with Crippen molar-refractivity contribution in [2.75, 3.05) is 5.32 Å². The SMILES string of the molecule is Cc1cccc[n+]1[C@@H](C)C(=O)Nc1ccccc1. The first-order valence-corrected chi connectivity index (χ1v) is 6.01. The molecule has 1 atom stereocenters. The topological polar surface area (TPSA) is 33.0 Å². The van der Waals surface area contributed by atoms with Crippen molar-refractivity contribution in [3.63, 3.8) is 0 Å². The predicted molar refractivity (Wildman–Crippen MR) is 71.2 cm³/mol. The van der Waals surface area contributed by atoms with Gasteiger partial charge in [0, 0.05) is 31.7 Å². The van der Waals surface area contributed by atoms with Crippen LogP contribution in [0.4, 0.5) is 5.69 Å². The summed E-state index contributed by atoms with van der Waals surface area (Å²) in [5.74, 6) is -0.0134. The number of aryl methyl sites for hydroxylation is 1. The van der Waals surface area contributed by atoms with Gasteiger partial charge < -0.3 is 5.32 Å². The van der Waals surface area contributed by atoms with Crippen LogP contribution in [0.25, 0.3) is 0 Å². The number of pyridine rings is 1. The number of hydrogen-bond acceptors (Lipinski definition) is 1. The van der Waals surface area contributed by atoms with Crippen LogP contribution in [0.2, 0.25) is 0 Å². The van der Waals surface area contributed by atoms with Crippen molar-refractivity contribution in [3.05, 3.63) is 60.4 Å². The first-order valence-electron chi connectivity index (χ1n) is 6.01. The molecule has 0 saturated heterocycles. The Hall–Kier alpha value is -2.16. The second-order valence-electron chi connectivity index (χ2n) is 4.28. The van der Waals surface area contributed by atoms with E-state index in [1.54, 1.807) is 0 Å². The summed E-state index contributed by atoms with van der Waals surface area (Å²) in [7, 11) is 0. The minimum atomic E-state index is -0.230. The smallest absolute Gasteiger partial charge is 0.293 e. The van der Waals surface area contributed by atoms with Crippen molar-refractivity contribution in [1.82, 2.24) is 0 Å². The number of nitrogens with zero attached hydrogens (tertiary/aromatic N) is 1. The summed E-state index contributed by atoms with van der Waals surface area (Å²) in [6.45, 7) is 3.89. The molecule has 1 amide bonds. The Morgan fingerprint density at radius 1 is 1.11 bits per heavy atom. The van der Waals surface area contributed by atoms with Crippen LogP contribution in [-0.2, 0) is 4.79 Å². The van der Waals surface area contributed by atoms with Gasteiger partial charge in [-0.15, -0.1) is 0 Å². The largest absolute Gasteiger partial charge is 0.320 e. The van der Waals surface area contributed by atoms with Crippen molar-refractivity contribution >= 4 is 11.6 Å².